The zero-order chi connectivity index (χ0) is 18.1. The summed E-state index contributed by atoms with van der Waals surface area (Å²) in [5, 5.41) is 8.55. The van der Waals surface area contributed by atoms with Gasteiger partial charge in [-0.1, -0.05) is 54.7 Å². The molecule has 0 aliphatic carbocycles. The molecule has 0 bridgehead atoms. The van der Waals surface area contributed by atoms with Crippen LogP contribution >= 0.6 is 23.5 Å². The summed E-state index contributed by atoms with van der Waals surface area (Å²) in [6.45, 7) is 2.03. The quantitative estimate of drug-likeness (QED) is 0.621. The zero-order valence-electron chi connectivity index (χ0n) is 14.5. The first-order valence-corrected chi connectivity index (χ1v) is 10.1. The second-order valence-corrected chi connectivity index (χ2v) is 8.20. The van der Waals surface area contributed by atoms with Crippen LogP contribution in [0.15, 0.2) is 69.8 Å². The fourth-order valence-corrected chi connectivity index (χ4v) is 4.89. The lowest BCUT2D eigenvalue weighted by atomic mass is 10.2. The highest BCUT2D eigenvalue weighted by Crippen LogP contribution is 2.48. The molecule has 1 aromatic heterocycles. The molecular weight excluding hydrogens is 364 g/mol. The molecule has 5 nitrogen and oxygen atoms in total. The Morgan fingerprint density at radius 3 is 2.27 bits per heavy atom. The monoisotopic (exact) mass is 382 g/mol. The standard InChI is InChI=1S/C19H18N4OS2/c1-3-15(26-19-21-20-12-22(19)2)18(24)23-13-8-4-6-10-16(13)25-17-11-7-5-9-14(17)23/h4-12,15H,3H2,1-2H3/t15-/m0/s1. The Hall–Kier alpha value is -2.25. The second kappa shape index (κ2) is 7.17. The van der Waals surface area contributed by atoms with Crippen LogP contribution in [0.2, 0.25) is 0 Å². The van der Waals surface area contributed by atoms with Gasteiger partial charge in [0, 0.05) is 16.8 Å². The van der Waals surface area contributed by atoms with E-state index in [2.05, 4.69) is 22.3 Å². The minimum Gasteiger partial charge on any atom is -0.312 e. The third-order valence-electron chi connectivity index (χ3n) is 4.22. The number of carbonyl (C=O) groups excluding carboxylic acids is 1. The van der Waals surface area contributed by atoms with Gasteiger partial charge in [0.2, 0.25) is 5.91 Å². The van der Waals surface area contributed by atoms with E-state index in [0.29, 0.717) is 6.42 Å². The average molecular weight is 383 g/mol. The van der Waals surface area contributed by atoms with E-state index in [4.69, 9.17) is 0 Å². The largest absolute Gasteiger partial charge is 0.312 e. The number of aryl methyl sites for hydroxylation is 1. The first-order valence-electron chi connectivity index (χ1n) is 8.39. The number of benzene rings is 2. The van der Waals surface area contributed by atoms with Crippen LogP contribution in [-0.2, 0) is 11.8 Å². The molecule has 0 fully saturated rings. The minimum absolute atomic E-state index is 0.0701. The second-order valence-electron chi connectivity index (χ2n) is 5.95. The van der Waals surface area contributed by atoms with Crippen molar-refractivity contribution >= 4 is 40.8 Å². The van der Waals surface area contributed by atoms with E-state index in [-0.39, 0.29) is 11.2 Å². The maximum Gasteiger partial charge on any atom is 0.245 e. The molecule has 1 aliphatic rings. The lowest BCUT2D eigenvalue weighted by Crippen LogP contribution is -2.35. The molecule has 0 unspecified atom stereocenters. The van der Waals surface area contributed by atoms with Gasteiger partial charge in [-0.25, -0.2) is 0 Å². The molecule has 0 spiro atoms. The average Bonchev–Trinajstić information content (AvgIpc) is 3.08. The number of para-hydroxylation sites is 2. The number of hydrogen-bond donors (Lipinski definition) is 0. The summed E-state index contributed by atoms with van der Waals surface area (Å²) in [7, 11) is 1.89. The number of hydrogen-bond acceptors (Lipinski definition) is 5. The number of rotatable bonds is 4. The number of thioether (sulfide) groups is 1. The molecule has 3 aromatic rings. The SMILES string of the molecule is CC[C@H](Sc1nncn1C)C(=O)N1c2ccccc2Sc2ccccc21. The molecule has 1 aliphatic heterocycles. The maximum absolute atomic E-state index is 13.5. The summed E-state index contributed by atoms with van der Waals surface area (Å²) in [5.41, 5.74) is 1.89. The Morgan fingerprint density at radius 2 is 1.73 bits per heavy atom. The van der Waals surface area contributed by atoms with Gasteiger partial charge in [0.15, 0.2) is 5.16 Å². The molecular formula is C19H18N4OS2. The van der Waals surface area contributed by atoms with Gasteiger partial charge in [-0.05, 0) is 30.7 Å². The first-order chi connectivity index (χ1) is 12.7. The number of amides is 1. The molecule has 0 saturated carbocycles. The topological polar surface area (TPSA) is 51.0 Å². The third kappa shape index (κ3) is 3.01. The number of fused-ring (bicyclic) bond motifs is 2. The maximum atomic E-state index is 13.5. The number of anilines is 2. The van der Waals surface area contributed by atoms with E-state index in [1.807, 2.05) is 59.8 Å². The highest BCUT2D eigenvalue weighted by Gasteiger charge is 2.32. The van der Waals surface area contributed by atoms with Crippen molar-refractivity contribution in [2.24, 2.45) is 7.05 Å². The molecule has 0 saturated heterocycles. The van der Waals surface area contributed by atoms with E-state index in [9.17, 15) is 4.79 Å². The molecule has 26 heavy (non-hydrogen) atoms. The Kier molecular flexibility index (Phi) is 4.74. The van der Waals surface area contributed by atoms with E-state index in [0.717, 1.165) is 26.3 Å². The van der Waals surface area contributed by atoms with Crippen LogP contribution in [0.3, 0.4) is 0 Å². The van der Waals surface area contributed by atoms with Gasteiger partial charge in [-0.3, -0.25) is 9.69 Å². The van der Waals surface area contributed by atoms with Crippen molar-refractivity contribution in [1.29, 1.82) is 0 Å². The van der Waals surface area contributed by atoms with Crippen LogP contribution < -0.4 is 4.90 Å². The molecule has 132 valence electrons. The Balaban J connectivity index is 1.74. The van der Waals surface area contributed by atoms with Crippen LogP contribution in [0, 0.1) is 0 Å². The summed E-state index contributed by atoms with van der Waals surface area (Å²) in [6.07, 6.45) is 2.37. The predicted octanol–water partition coefficient (Wildman–Crippen LogP) is 4.52. The van der Waals surface area contributed by atoms with E-state index in [1.165, 1.54) is 11.8 Å². The van der Waals surface area contributed by atoms with Gasteiger partial charge in [0.25, 0.3) is 0 Å². The number of aromatic nitrogens is 3. The molecule has 0 radical (unpaired) electrons. The van der Waals surface area contributed by atoms with Crippen LogP contribution in [0.5, 0.6) is 0 Å². The van der Waals surface area contributed by atoms with Gasteiger partial charge in [-0.2, -0.15) is 0 Å². The molecule has 1 atom stereocenters. The fourth-order valence-electron chi connectivity index (χ4n) is 2.90. The first kappa shape index (κ1) is 17.2. The van der Waals surface area contributed by atoms with Gasteiger partial charge in [-0.15, -0.1) is 10.2 Å². The van der Waals surface area contributed by atoms with Crippen molar-refractivity contribution < 1.29 is 4.79 Å². The van der Waals surface area contributed by atoms with Gasteiger partial charge >= 0.3 is 0 Å². The number of carbonyl (C=O) groups is 1. The van der Waals surface area contributed by atoms with Crippen LogP contribution in [-0.4, -0.2) is 25.9 Å². The molecule has 4 rings (SSSR count). The molecule has 7 heteroatoms. The fraction of sp³-hybridized carbons (Fsp3) is 0.211. The smallest absolute Gasteiger partial charge is 0.245 e. The summed E-state index contributed by atoms with van der Waals surface area (Å²) in [4.78, 5) is 17.6. The lowest BCUT2D eigenvalue weighted by Gasteiger charge is -2.33. The van der Waals surface area contributed by atoms with Crippen LogP contribution in [0.25, 0.3) is 0 Å². The summed E-state index contributed by atoms with van der Waals surface area (Å²) in [5.74, 6) is 0.0701. The van der Waals surface area contributed by atoms with Gasteiger partial charge in [0.05, 0.1) is 16.6 Å². The van der Waals surface area contributed by atoms with Crippen molar-refractivity contribution in [1.82, 2.24) is 14.8 Å². The van der Waals surface area contributed by atoms with Crippen LogP contribution in [0.4, 0.5) is 11.4 Å². The van der Waals surface area contributed by atoms with Crippen molar-refractivity contribution in [3.63, 3.8) is 0 Å². The highest BCUT2D eigenvalue weighted by molar-refractivity contribution is 8.00. The van der Waals surface area contributed by atoms with E-state index >= 15 is 0 Å². The van der Waals surface area contributed by atoms with E-state index < -0.39 is 0 Å². The van der Waals surface area contributed by atoms with Crippen molar-refractivity contribution in [3.8, 4) is 0 Å². The summed E-state index contributed by atoms with van der Waals surface area (Å²) < 4.78 is 1.84. The van der Waals surface area contributed by atoms with Crippen molar-refractivity contribution in [2.45, 2.75) is 33.5 Å². The highest BCUT2D eigenvalue weighted by atomic mass is 32.2. The summed E-state index contributed by atoms with van der Waals surface area (Å²) >= 11 is 3.17. The molecule has 2 heterocycles. The predicted molar refractivity (Wildman–Crippen MR) is 105 cm³/mol. The van der Waals surface area contributed by atoms with Crippen molar-refractivity contribution in [3.05, 3.63) is 54.9 Å². The van der Waals surface area contributed by atoms with Gasteiger partial charge in [0.1, 0.15) is 6.33 Å². The normalized spacial score (nSPS) is 13.8. The van der Waals surface area contributed by atoms with Crippen molar-refractivity contribution in [2.75, 3.05) is 4.90 Å². The van der Waals surface area contributed by atoms with E-state index in [1.54, 1.807) is 18.1 Å². The van der Waals surface area contributed by atoms with Gasteiger partial charge < -0.3 is 4.57 Å². The lowest BCUT2D eigenvalue weighted by molar-refractivity contribution is -0.117. The van der Waals surface area contributed by atoms with Crippen LogP contribution in [0.1, 0.15) is 13.3 Å². The zero-order valence-corrected chi connectivity index (χ0v) is 16.1. The molecule has 2 aromatic carbocycles. The minimum atomic E-state index is -0.234. The summed E-state index contributed by atoms with van der Waals surface area (Å²) in [6, 6.07) is 16.1. The molecule has 0 N–H and O–H groups in total. The Morgan fingerprint density at radius 1 is 1.12 bits per heavy atom. The third-order valence-corrected chi connectivity index (χ3v) is 6.75. The number of nitrogens with zero attached hydrogens (tertiary/aromatic N) is 4. The molecule has 1 amide bonds. The Labute approximate surface area is 160 Å². The Bertz CT molecular complexity index is 910.